The third kappa shape index (κ3) is 8.72. The highest BCUT2D eigenvalue weighted by molar-refractivity contribution is 7.59. The first-order valence-electron chi connectivity index (χ1n) is 12.0. The van der Waals surface area contributed by atoms with Gasteiger partial charge in [0.05, 0.1) is 12.1 Å². The predicted octanol–water partition coefficient (Wildman–Crippen LogP) is 4.17. The molecule has 0 saturated heterocycles. The first-order valence-corrected chi connectivity index (χ1v) is 12.8. The Balaban J connectivity index is 0.00000400. The molecule has 0 bridgehead atoms. The second-order valence-corrected chi connectivity index (χ2v) is 9.70. The molecule has 4 rings (SSSR count). The summed E-state index contributed by atoms with van der Waals surface area (Å²) in [5.74, 6) is -0.237. The Morgan fingerprint density at radius 1 is 0.895 bits per heavy atom. The van der Waals surface area contributed by atoms with E-state index in [1.807, 2.05) is 43.3 Å². The lowest BCUT2D eigenvalue weighted by Gasteiger charge is -2.09. The van der Waals surface area contributed by atoms with Gasteiger partial charge in [0, 0.05) is 6.42 Å². The van der Waals surface area contributed by atoms with Gasteiger partial charge in [0.25, 0.3) is 5.91 Å². The van der Waals surface area contributed by atoms with Crippen molar-refractivity contribution < 1.29 is 14.7 Å². The monoisotopic (exact) mass is 550 g/mol. The van der Waals surface area contributed by atoms with Crippen LogP contribution in [0.1, 0.15) is 46.3 Å². The number of amides is 2. The minimum atomic E-state index is -1.26. The summed E-state index contributed by atoms with van der Waals surface area (Å²) in [5, 5.41) is 33.2. The second kappa shape index (κ2) is 14.3. The molecule has 0 radical (unpaired) electrons. The van der Waals surface area contributed by atoms with Crippen molar-refractivity contribution in [2.45, 2.75) is 45.1 Å². The average molecular weight is 551 g/mol. The molecule has 0 aliphatic heterocycles. The fourth-order valence-corrected chi connectivity index (χ4v) is 4.49. The lowest BCUT2D eigenvalue weighted by atomic mass is 10.1. The van der Waals surface area contributed by atoms with Crippen LogP contribution in [0.15, 0.2) is 66.7 Å². The van der Waals surface area contributed by atoms with Gasteiger partial charge in [-0.25, -0.2) is 0 Å². The van der Waals surface area contributed by atoms with Crippen molar-refractivity contribution in [2.24, 2.45) is 0 Å². The Morgan fingerprint density at radius 2 is 1.68 bits per heavy atom. The van der Waals surface area contributed by atoms with Crippen molar-refractivity contribution in [3.63, 3.8) is 0 Å². The molecule has 0 aliphatic carbocycles. The smallest absolute Gasteiger partial charge is 0.259 e. The van der Waals surface area contributed by atoms with E-state index in [9.17, 15) is 14.7 Å². The highest BCUT2D eigenvalue weighted by Crippen LogP contribution is 2.20. The summed E-state index contributed by atoms with van der Waals surface area (Å²) in [4.78, 5) is 24.5. The number of aromatic nitrogens is 4. The highest BCUT2D eigenvalue weighted by atomic mass is 32.1. The van der Waals surface area contributed by atoms with Gasteiger partial charge in [0.1, 0.15) is 5.01 Å². The number of hydrogen-bond acceptors (Lipinski definition) is 8. The second-order valence-electron chi connectivity index (χ2n) is 8.63. The molecule has 4 aromatic rings. The zero-order valence-electron chi connectivity index (χ0n) is 20.9. The largest absolute Gasteiger partial charge is 0.378 e. The Kier molecular flexibility index (Phi) is 10.9. The zero-order valence-corrected chi connectivity index (χ0v) is 22.7. The van der Waals surface area contributed by atoms with Crippen molar-refractivity contribution in [1.29, 1.82) is 0 Å². The Hall–Kier alpha value is -3.67. The van der Waals surface area contributed by atoms with Gasteiger partial charge in [-0.05, 0) is 49.4 Å². The van der Waals surface area contributed by atoms with E-state index in [0.717, 1.165) is 47.5 Å². The van der Waals surface area contributed by atoms with Gasteiger partial charge in [0.2, 0.25) is 11.0 Å². The van der Waals surface area contributed by atoms with Crippen LogP contribution in [-0.2, 0) is 28.9 Å². The lowest BCUT2D eigenvalue weighted by Crippen LogP contribution is -2.20. The van der Waals surface area contributed by atoms with Crippen molar-refractivity contribution in [2.75, 3.05) is 10.6 Å². The molecule has 0 saturated carbocycles. The number of hydrogen-bond donors (Lipinski definition) is 3. The molecule has 2 aromatic carbocycles. The van der Waals surface area contributed by atoms with E-state index in [1.54, 1.807) is 30.3 Å². The molecule has 0 fully saturated rings. The third-order valence-electron chi connectivity index (χ3n) is 5.57. The number of nitrogens with zero attached hydrogens (tertiary/aromatic N) is 4. The number of carbonyl (C=O) groups is 2. The van der Waals surface area contributed by atoms with Crippen LogP contribution in [0.5, 0.6) is 0 Å². The Morgan fingerprint density at radius 3 is 2.42 bits per heavy atom. The third-order valence-corrected chi connectivity index (χ3v) is 6.47. The maximum absolute atomic E-state index is 12.3. The number of aliphatic hydroxyl groups is 1. The van der Waals surface area contributed by atoms with Gasteiger partial charge < -0.3 is 10.4 Å². The number of aryl methyl sites for hydroxylation is 3. The summed E-state index contributed by atoms with van der Waals surface area (Å²) in [6.07, 6.45) is 2.23. The van der Waals surface area contributed by atoms with E-state index >= 15 is 0 Å². The van der Waals surface area contributed by atoms with Crippen LogP contribution in [0.3, 0.4) is 0 Å². The number of nitrogens with one attached hydrogen (secondary N) is 2. The molecule has 198 valence electrons. The van der Waals surface area contributed by atoms with Crippen molar-refractivity contribution in [3.05, 3.63) is 94.1 Å². The quantitative estimate of drug-likeness (QED) is 0.239. The zero-order chi connectivity index (χ0) is 26.0. The first-order chi connectivity index (χ1) is 18.0. The van der Waals surface area contributed by atoms with Gasteiger partial charge in [-0.1, -0.05) is 71.5 Å². The molecule has 2 amide bonds. The predicted molar refractivity (Wildman–Crippen MR) is 153 cm³/mol. The number of anilines is 2. The van der Waals surface area contributed by atoms with Crippen LogP contribution in [0.2, 0.25) is 0 Å². The van der Waals surface area contributed by atoms with Gasteiger partial charge in [-0.15, -0.1) is 15.3 Å². The minimum Gasteiger partial charge on any atom is -0.378 e. The van der Waals surface area contributed by atoms with Crippen LogP contribution < -0.4 is 10.6 Å². The van der Waals surface area contributed by atoms with Crippen LogP contribution in [0.4, 0.5) is 10.9 Å². The van der Waals surface area contributed by atoms with Crippen molar-refractivity contribution in [3.8, 4) is 0 Å². The van der Waals surface area contributed by atoms with E-state index in [-0.39, 0.29) is 25.8 Å². The molecule has 1 atom stereocenters. The normalized spacial score (nSPS) is 11.3. The minimum absolute atomic E-state index is 0. The van der Waals surface area contributed by atoms with Gasteiger partial charge in [-0.3, -0.25) is 14.9 Å². The van der Waals surface area contributed by atoms with Gasteiger partial charge >= 0.3 is 0 Å². The number of aliphatic hydroxyl groups excluding tert-OH is 1. The number of unbranched alkanes of at least 4 members (excludes halogenated alkanes) is 1. The molecule has 2 heterocycles. The SMILES string of the molecule is Cc1cccc(CC(=O)Nc2ccc(CCCCc3nnc(NC(=O)[C@H](O)c4ccccc4)s3)nn2)c1.S. The van der Waals surface area contributed by atoms with E-state index < -0.39 is 12.0 Å². The Bertz CT molecular complexity index is 1330. The molecule has 0 aliphatic rings. The van der Waals surface area contributed by atoms with Crippen molar-refractivity contribution in [1.82, 2.24) is 20.4 Å². The maximum Gasteiger partial charge on any atom is 0.259 e. The van der Waals surface area contributed by atoms with E-state index in [2.05, 4.69) is 31.0 Å². The fourth-order valence-electron chi connectivity index (χ4n) is 3.70. The van der Waals surface area contributed by atoms with E-state index in [0.29, 0.717) is 16.5 Å². The van der Waals surface area contributed by atoms with Crippen LogP contribution in [0.25, 0.3) is 0 Å². The summed E-state index contributed by atoms with van der Waals surface area (Å²) in [5.41, 5.74) is 3.44. The summed E-state index contributed by atoms with van der Waals surface area (Å²) in [6.45, 7) is 2.00. The van der Waals surface area contributed by atoms with Crippen molar-refractivity contribution >= 4 is 47.6 Å². The summed E-state index contributed by atoms with van der Waals surface area (Å²) < 4.78 is 0. The number of rotatable bonds is 11. The molecule has 0 unspecified atom stereocenters. The highest BCUT2D eigenvalue weighted by Gasteiger charge is 2.18. The standard InChI is InChI=1S/C27H28N6O3S.H2S/c1-18-8-7-9-19(16-18)17-23(34)28-22-15-14-21(30-31-22)12-5-6-13-24-32-33-27(37-24)29-26(36)25(35)20-10-3-2-4-11-20;/h2-4,7-11,14-16,25,35H,5-6,12-13,17H2,1H3,(H,28,31,34)(H,29,33,36);1H2/t25-;/m1./s1. The van der Waals surface area contributed by atoms with Crippen LogP contribution in [0, 0.1) is 6.92 Å². The fraction of sp³-hybridized carbons (Fsp3) is 0.259. The average Bonchev–Trinajstić information content (AvgIpc) is 3.34. The summed E-state index contributed by atoms with van der Waals surface area (Å²) >= 11 is 1.30. The summed E-state index contributed by atoms with van der Waals surface area (Å²) in [6, 6.07) is 20.2. The lowest BCUT2D eigenvalue weighted by molar-refractivity contribution is -0.124. The van der Waals surface area contributed by atoms with Crippen LogP contribution in [-0.4, -0.2) is 37.3 Å². The van der Waals surface area contributed by atoms with E-state index in [1.165, 1.54) is 11.3 Å². The van der Waals surface area contributed by atoms with Crippen LogP contribution >= 0.6 is 24.8 Å². The molecule has 9 nitrogen and oxygen atoms in total. The number of carbonyl (C=O) groups excluding carboxylic acids is 2. The molecule has 3 N–H and O–H groups in total. The molecular formula is C27H30N6O3S2. The molecule has 38 heavy (non-hydrogen) atoms. The molecule has 2 aromatic heterocycles. The molecule has 11 heteroatoms. The maximum atomic E-state index is 12.3. The Labute approximate surface area is 232 Å². The van der Waals surface area contributed by atoms with Gasteiger partial charge in [-0.2, -0.15) is 18.6 Å². The number of benzene rings is 2. The molecular weight excluding hydrogens is 520 g/mol. The molecule has 0 spiro atoms. The summed E-state index contributed by atoms with van der Waals surface area (Å²) in [7, 11) is 0. The van der Waals surface area contributed by atoms with Gasteiger partial charge in [0.15, 0.2) is 11.9 Å². The first kappa shape index (κ1) is 28.9. The topological polar surface area (TPSA) is 130 Å². The van der Waals surface area contributed by atoms with E-state index in [4.69, 9.17) is 0 Å².